The Morgan fingerprint density at radius 2 is 2.29 bits per heavy atom. The largest absolute Gasteiger partial charge is 0.399 e. The van der Waals surface area contributed by atoms with Crippen LogP contribution >= 0.6 is 11.8 Å². The zero-order valence-corrected chi connectivity index (χ0v) is 10.6. The Hall–Kier alpha value is -1.39. The molecule has 0 atom stereocenters. The van der Waals surface area contributed by atoms with Gasteiger partial charge in [-0.2, -0.15) is 5.26 Å². The van der Waals surface area contributed by atoms with Crippen LogP contribution in [0.3, 0.4) is 0 Å². The molecule has 5 nitrogen and oxygen atoms in total. The van der Waals surface area contributed by atoms with Crippen LogP contribution in [0.1, 0.15) is 0 Å². The summed E-state index contributed by atoms with van der Waals surface area (Å²) in [4.78, 5) is 0.881. The van der Waals surface area contributed by atoms with Crippen LogP contribution in [-0.2, 0) is 10.0 Å². The van der Waals surface area contributed by atoms with E-state index in [4.69, 9.17) is 11.0 Å². The first kappa shape index (κ1) is 12.1. The average Bonchev–Trinajstić information content (AvgIpc) is 2.28. The van der Waals surface area contributed by atoms with Crippen molar-refractivity contribution in [1.29, 1.82) is 5.26 Å². The summed E-state index contributed by atoms with van der Waals surface area (Å²) in [6, 6.07) is 6.87. The Balaban J connectivity index is 2.48. The van der Waals surface area contributed by atoms with E-state index in [1.165, 1.54) is 4.31 Å². The van der Waals surface area contributed by atoms with Crippen LogP contribution in [-0.4, -0.2) is 26.5 Å². The zero-order chi connectivity index (χ0) is 12.5. The van der Waals surface area contributed by atoms with Crippen molar-refractivity contribution >= 4 is 33.2 Å². The molecule has 1 aromatic carbocycles. The van der Waals surface area contributed by atoms with E-state index in [0.29, 0.717) is 23.7 Å². The van der Waals surface area contributed by atoms with Crippen molar-refractivity contribution in [2.45, 2.75) is 4.90 Å². The van der Waals surface area contributed by atoms with E-state index in [-0.39, 0.29) is 0 Å². The van der Waals surface area contributed by atoms with Gasteiger partial charge in [0.2, 0.25) is 10.0 Å². The second kappa shape index (κ2) is 4.47. The highest BCUT2D eigenvalue weighted by atomic mass is 32.2. The number of hydrogen-bond donors (Lipinski definition) is 1. The predicted molar refractivity (Wildman–Crippen MR) is 68.3 cm³/mol. The predicted octanol–water partition coefficient (Wildman–Crippen LogP) is 1.03. The maximum atomic E-state index is 11.9. The number of nitrogens with two attached hydrogens (primary N) is 1. The highest BCUT2D eigenvalue weighted by Crippen LogP contribution is 2.37. The number of thioether (sulfide) groups is 1. The van der Waals surface area contributed by atoms with Crippen molar-refractivity contribution in [3.8, 4) is 6.07 Å². The molecule has 17 heavy (non-hydrogen) atoms. The summed E-state index contributed by atoms with van der Waals surface area (Å²) in [7, 11) is -3.56. The second-order valence-electron chi connectivity index (χ2n) is 3.56. The number of nitrogens with zero attached hydrogens (tertiary/aromatic N) is 2. The monoisotopic (exact) mass is 269 g/mol. The molecule has 0 radical (unpaired) electrons. The van der Waals surface area contributed by atoms with Crippen LogP contribution in [0.4, 0.5) is 11.4 Å². The Kier molecular flexibility index (Phi) is 3.17. The van der Waals surface area contributed by atoms with Gasteiger partial charge >= 0.3 is 0 Å². The third kappa shape index (κ3) is 2.33. The van der Waals surface area contributed by atoms with Crippen molar-refractivity contribution < 1.29 is 8.42 Å². The standard InChI is InChI=1S/C10H11N3O2S2/c11-3-6-17(14,15)13-4-5-16-10-2-1-8(12)7-9(10)13/h1-2,7H,4-6,12H2. The molecule has 90 valence electrons. The molecule has 1 aliphatic heterocycles. The lowest BCUT2D eigenvalue weighted by molar-refractivity contribution is 0.594. The minimum Gasteiger partial charge on any atom is -0.399 e. The molecule has 0 bridgehead atoms. The number of nitrogen functional groups attached to an aromatic ring is 1. The molecular formula is C10H11N3O2S2. The Bertz CT molecular complexity index is 578. The zero-order valence-electron chi connectivity index (χ0n) is 8.96. The fourth-order valence-corrected chi connectivity index (χ4v) is 3.95. The minimum absolute atomic E-state index is 0.380. The van der Waals surface area contributed by atoms with Gasteiger partial charge in [0.05, 0.1) is 11.8 Å². The number of sulfonamides is 1. The van der Waals surface area contributed by atoms with Crippen LogP contribution < -0.4 is 10.0 Å². The van der Waals surface area contributed by atoms with Crippen LogP contribution in [0.5, 0.6) is 0 Å². The summed E-state index contributed by atoms with van der Waals surface area (Å²) < 4.78 is 25.1. The highest BCUT2D eigenvalue weighted by Gasteiger charge is 2.27. The Morgan fingerprint density at radius 3 is 3.00 bits per heavy atom. The lowest BCUT2D eigenvalue weighted by atomic mass is 10.3. The van der Waals surface area contributed by atoms with Crippen LogP contribution in [0.25, 0.3) is 0 Å². The van der Waals surface area contributed by atoms with E-state index in [1.54, 1.807) is 30.0 Å². The van der Waals surface area contributed by atoms with Gasteiger partial charge in [-0.3, -0.25) is 4.31 Å². The first-order chi connectivity index (χ1) is 8.04. The fourth-order valence-electron chi connectivity index (χ4n) is 1.66. The molecule has 0 unspecified atom stereocenters. The van der Waals surface area contributed by atoms with Crippen molar-refractivity contribution in [1.82, 2.24) is 0 Å². The number of fused-ring (bicyclic) bond motifs is 1. The van der Waals surface area contributed by atoms with Crippen LogP contribution in [0, 0.1) is 11.3 Å². The summed E-state index contributed by atoms with van der Waals surface area (Å²) in [6.45, 7) is 0.380. The lowest BCUT2D eigenvalue weighted by Crippen LogP contribution is -2.36. The van der Waals surface area contributed by atoms with Crippen molar-refractivity contribution in [3.63, 3.8) is 0 Å². The van der Waals surface area contributed by atoms with Crippen molar-refractivity contribution in [3.05, 3.63) is 18.2 Å². The first-order valence-electron chi connectivity index (χ1n) is 4.94. The molecule has 0 saturated heterocycles. The van der Waals surface area contributed by atoms with E-state index in [0.717, 1.165) is 4.90 Å². The molecule has 2 rings (SSSR count). The summed E-state index contributed by atoms with van der Waals surface area (Å²) in [5, 5.41) is 8.55. The molecular weight excluding hydrogens is 258 g/mol. The summed E-state index contributed by atoms with van der Waals surface area (Å²) in [5.41, 5.74) is 6.76. The number of nitriles is 1. The van der Waals surface area contributed by atoms with Gasteiger partial charge in [-0.15, -0.1) is 11.8 Å². The average molecular weight is 269 g/mol. The van der Waals surface area contributed by atoms with Gasteiger partial charge in [0.15, 0.2) is 5.75 Å². The highest BCUT2D eigenvalue weighted by molar-refractivity contribution is 8.00. The molecule has 0 aromatic heterocycles. The molecule has 0 fully saturated rings. The van der Waals surface area contributed by atoms with Crippen molar-refractivity contribution in [2.24, 2.45) is 0 Å². The molecule has 7 heteroatoms. The molecule has 1 heterocycles. The van der Waals surface area contributed by atoms with Gasteiger partial charge in [0.1, 0.15) is 0 Å². The molecule has 0 spiro atoms. The van der Waals surface area contributed by atoms with Gasteiger partial charge in [0.25, 0.3) is 0 Å². The van der Waals surface area contributed by atoms with Crippen LogP contribution in [0.15, 0.2) is 23.1 Å². The van der Waals surface area contributed by atoms with E-state index in [2.05, 4.69) is 0 Å². The molecule has 1 aromatic rings. The maximum Gasteiger partial charge on any atom is 0.248 e. The van der Waals surface area contributed by atoms with Gasteiger partial charge in [-0.1, -0.05) is 0 Å². The summed E-state index contributed by atoms with van der Waals surface area (Å²) >= 11 is 1.59. The van der Waals surface area contributed by atoms with E-state index < -0.39 is 15.8 Å². The normalized spacial score (nSPS) is 15.1. The summed E-state index contributed by atoms with van der Waals surface area (Å²) in [6.07, 6.45) is 0. The number of rotatable bonds is 2. The van der Waals surface area contributed by atoms with Gasteiger partial charge in [-0.25, -0.2) is 8.42 Å². The smallest absolute Gasteiger partial charge is 0.248 e. The molecule has 0 saturated carbocycles. The van der Waals surface area contributed by atoms with E-state index in [1.807, 2.05) is 6.07 Å². The Morgan fingerprint density at radius 1 is 1.53 bits per heavy atom. The Labute approximate surface area is 104 Å². The molecule has 0 aliphatic carbocycles. The van der Waals surface area contributed by atoms with Gasteiger partial charge in [-0.05, 0) is 18.2 Å². The van der Waals surface area contributed by atoms with E-state index >= 15 is 0 Å². The number of hydrogen-bond acceptors (Lipinski definition) is 5. The van der Waals surface area contributed by atoms with Crippen LogP contribution in [0.2, 0.25) is 0 Å². The van der Waals surface area contributed by atoms with Gasteiger partial charge < -0.3 is 5.73 Å². The number of anilines is 2. The van der Waals surface area contributed by atoms with Gasteiger partial charge in [0, 0.05) is 22.9 Å². The minimum atomic E-state index is -3.56. The quantitative estimate of drug-likeness (QED) is 0.810. The number of benzene rings is 1. The first-order valence-corrected chi connectivity index (χ1v) is 7.54. The molecule has 1 aliphatic rings. The lowest BCUT2D eigenvalue weighted by Gasteiger charge is -2.29. The van der Waals surface area contributed by atoms with Crippen molar-refractivity contribution in [2.75, 3.05) is 28.1 Å². The van der Waals surface area contributed by atoms with E-state index in [9.17, 15) is 8.42 Å². The topological polar surface area (TPSA) is 87.2 Å². The molecule has 0 amide bonds. The fraction of sp³-hybridized carbons (Fsp3) is 0.300. The third-order valence-corrected chi connectivity index (χ3v) is 4.97. The maximum absolute atomic E-state index is 11.9. The summed E-state index contributed by atoms with van der Waals surface area (Å²) in [5.74, 6) is 0.174. The third-order valence-electron chi connectivity index (χ3n) is 2.39. The molecule has 2 N–H and O–H groups in total. The second-order valence-corrected chi connectivity index (χ2v) is 6.59. The SMILES string of the molecule is N#CCS(=O)(=O)N1CCSc2ccc(N)cc21.